The highest BCUT2D eigenvalue weighted by Crippen LogP contribution is 2.34. The number of anilines is 1. The molecule has 28 heavy (non-hydrogen) atoms. The molecule has 7 heteroatoms. The highest BCUT2D eigenvalue weighted by atomic mass is 16.5. The van der Waals surface area contributed by atoms with Crippen molar-refractivity contribution in [3.63, 3.8) is 0 Å². The average Bonchev–Trinajstić information content (AvgIpc) is 3.48. The number of pyridine rings is 2. The molecule has 0 radical (unpaired) electrons. The van der Waals surface area contributed by atoms with Gasteiger partial charge in [0.05, 0.1) is 19.5 Å². The van der Waals surface area contributed by atoms with Crippen molar-refractivity contribution in [2.24, 2.45) is 7.05 Å². The Morgan fingerprint density at radius 3 is 2.46 bits per heavy atom. The van der Waals surface area contributed by atoms with Crippen LogP contribution in [0.5, 0.6) is 5.75 Å². The van der Waals surface area contributed by atoms with E-state index in [0.717, 1.165) is 52.4 Å². The molecular formula is C21H22N6O. The summed E-state index contributed by atoms with van der Waals surface area (Å²) in [4.78, 5) is 7.02. The monoisotopic (exact) mass is 374 g/mol. The van der Waals surface area contributed by atoms with Crippen LogP contribution in [0.1, 0.15) is 12.8 Å². The van der Waals surface area contributed by atoms with Crippen LogP contribution in [0, 0.1) is 0 Å². The number of fused-ring (bicyclic) bond motifs is 1. The highest BCUT2D eigenvalue weighted by Gasteiger charge is 2.17. The van der Waals surface area contributed by atoms with Crippen molar-refractivity contribution >= 4 is 11.3 Å². The molecule has 0 spiro atoms. The zero-order valence-corrected chi connectivity index (χ0v) is 16.0. The quantitative estimate of drug-likeness (QED) is 0.548. The van der Waals surface area contributed by atoms with E-state index in [0.29, 0.717) is 0 Å². The lowest BCUT2D eigenvalue weighted by Gasteiger charge is -2.16. The number of aryl methyl sites for hydroxylation is 1. The summed E-state index contributed by atoms with van der Waals surface area (Å²) in [6.45, 7) is 2.18. The van der Waals surface area contributed by atoms with Gasteiger partial charge in [-0.05, 0) is 31.0 Å². The number of hydrogen-bond donors (Lipinski definition) is 0. The van der Waals surface area contributed by atoms with E-state index >= 15 is 0 Å². The molecule has 142 valence electrons. The molecule has 1 aliphatic heterocycles. The maximum Gasteiger partial charge on any atom is 0.145 e. The second-order valence-corrected chi connectivity index (χ2v) is 7.15. The van der Waals surface area contributed by atoms with Crippen molar-refractivity contribution < 1.29 is 4.74 Å². The minimum atomic E-state index is 0.775. The maximum atomic E-state index is 5.71. The van der Waals surface area contributed by atoms with Gasteiger partial charge >= 0.3 is 0 Å². The minimum absolute atomic E-state index is 0.775. The summed E-state index contributed by atoms with van der Waals surface area (Å²) in [6.07, 6.45) is 12.1. The third-order valence-electron chi connectivity index (χ3n) is 5.32. The van der Waals surface area contributed by atoms with Crippen LogP contribution in [0.25, 0.3) is 27.8 Å². The second kappa shape index (κ2) is 6.67. The molecule has 4 aromatic heterocycles. The van der Waals surface area contributed by atoms with Crippen molar-refractivity contribution in [2.75, 3.05) is 25.1 Å². The first-order chi connectivity index (χ1) is 13.7. The van der Waals surface area contributed by atoms with Crippen LogP contribution >= 0.6 is 0 Å². The molecule has 0 saturated carbocycles. The summed E-state index contributed by atoms with van der Waals surface area (Å²) in [6, 6.07) is 6.25. The number of aromatic nitrogens is 5. The fraction of sp³-hybridized carbons (Fsp3) is 0.286. The Bertz CT molecular complexity index is 1120. The molecule has 7 nitrogen and oxygen atoms in total. The van der Waals surface area contributed by atoms with E-state index in [1.807, 2.05) is 48.6 Å². The maximum absolute atomic E-state index is 5.71. The Morgan fingerprint density at radius 2 is 1.79 bits per heavy atom. The van der Waals surface area contributed by atoms with Crippen LogP contribution in [-0.2, 0) is 7.05 Å². The van der Waals surface area contributed by atoms with Gasteiger partial charge in [-0.1, -0.05) is 0 Å². The smallest absolute Gasteiger partial charge is 0.145 e. The molecule has 0 aromatic carbocycles. The second-order valence-electron chi connectivity index (χ2n) is 7.15. The van der Waals surface area contributed by atoms with Gasteiger partial charge in [0.25, 0.3) is 0 Å². The zero-order chi connectivity index (χ0) is 19.1. The van der Waals surface area contributed by atoms with Gasteiger partial charge in [-0.3, -0.25) is 4.68 Å². The lowest BCUT2D eigenvalue weighted by atomic mass is 10.1. The van der Waals surface area contributed by atoms with Crippen LogP contribution < -0.4 is 9.64 Å². The van der Waals surface area contributed by atoms with Crippen LogP contribution in [0.2, 0.25) is 0 Å². The molecule has 1 saturated heterocycles. The third kappa shape index (κ3) is 2.79. The Balaban J connectivity index is 1.56. The molecular weight excluding hydrogens is 352 g/mol. The van der Waals surface area contributed by atoms with E-state index in [4.69, 9.17) is 4.74 Å². The van der Waals surface area contributed by atoms with E-state index in [1.54, 1.807) is 11.8 Å². The topological polar surface area (TPSA) is 60.5 Å². The van der Waals surface area contributed by atoms with E-state index in [-0.39, 0.29) is 0 Å². The van der Waals surface area contributed by atoms with Crippen molar-refractivity contribution in [1.29, 1.82) is 0 Å². The van der Waals surface area contributed by atoms with E-state index in [2.05, 4.69) is 32.2 Å². The average molecular weight is 374 g/mol. The molecule has 0 aliphatic carbocycles. The van der Waals surface area contributed by atoms with Crippen molar-refractivity contribution in [1.82, 2.24) is 24.4 Å². The Kier molecular flexibility index (Phi) is 4.00. The van der Waals surface area contributed by atoms with Crippen LogP contribution in [-0.4, -0.2) is 44.6 Å². The Hall–Kier alpha value is -3.35. The zero-order valence-electron chi connectivity index (χ0n) is 16.0. The summed E-state index contributed by atoms with van der Waals surface area (Å²) in [5.74, 6) is 1.82. The van der Waals surface area contributed by atoms with Crippen LogP contribution in [0.4, 0.5) is 5.82 Å². The normalized spacial score (nSPS) is 14.1. The fourth-order valence-corrected chi connectivity index (χ4v) is 3.86. The Morgan fingerprint density at radius 1 is 0.929 bits per heavy atom. The predicted octanol–water partition coefficient (Wildman–Crippen LogP) is 3.41. The van der Waals surface area contributed by atoms with Crippen molar-refractivity contribution in [3.8, 4) is 28.0 Å². The predicted molar refractivity (Wildman–Crippen MR) is 109 cm³/mol. The molecule has 0 atom stereocenters. The van der Waals surface area contributed by atoms with Gasteiger partial charge in [0.15, 0.2) is 0 Å². The molecule has 0 bridgehead atoms. The van der Waals surface area contributed by atoms with Crippen LogP contribution in [0.15, 0.2) is 49.2 Å². The molecule has 0 amide bonds. The van der Waals surface area contributed by atoms with E-state index in [1.165, 1.54) is 12.8 Å². The first kappa shape index (κ1) is 16.8. The van der Waals surface area contributed by atoms with Gasteiger partial charge in [-0.25, -0.2) is 9.50 Å². The first-order valence-electron chi connectivity index (χ1n) is 9.49. The number of hydrogen-bond acceptors (Lipinski definition) is 5. The highest BCUT2D eigenvalue weighted by molar-refractivity contribution is 5.86. The summed E-state index contributed by atoms with van der Waals surface area (Å²) >= 11 is 0. The van der Waals surface area contributed by atoms with Gasteiger partial charge in [0.1, 0.15) is 17.1 Å². The summed E-state index contributed by atoms with van der Waals surface area (Å²) in [5, 5.41) is 8.82. The standard InChI is InChI=1S/C21H22N6O/c1-25-13-17(11-23-25)16-9-19(28-2)21-18(12-24-27(21)14-16)15-5-6-20(22-10-15)26-7-3-4-8-26/h5-6,9-14H,3-4,7-8H2,1-2H3. The van der Waals surface area contributed by atoms with Gasteiger partial charge in [0.2, 0.25) is 0 Å². The lowest BCUT2D eigenvalue weighted by molar-refractivity contribution is 0.418. The van der Waals surface area contributed by atoms with Gasteiger partial charge in [-0.2, -0.15) is 10.2 Å². The lowest BCUT2D eigenvalue weighted by Crippen LogP contribution is -2.18. The number of nitrogens with zero attached hydrogens (tertiary/aromatic N) is 6. The number of ether oxygens (including phenoxy) is 1. The molecule has 0 unspecified atom stereocenters. The SMILES string of the molecule is COc1cc(-c2cnn(C)c2)cn2ncc(-c3ccc(N4CCCC4)nc3)c12. The van der Waals surface area contributed by atoms with E-state index in [9.17, 15) is 0 Å². The summed E-state index contributed by atoms with van der Waals surface area (Å²) < 4.78 is 9.36. The summed E-state index contributed by atoms with van der Waals surface area (Å²) in [7, 11) is 3.60. The van der Waals surface area contributed by atoms with Gasteiger partial charge in [-0.15, -0.1) is 0 Å². The third-order valence-corrected chi connectivity index (χ3v) is 5.32. The number of rotatable bonds is 4. The summed E-state index contributed by atoms with van der Waals surface area (Å²) in [5.41, 5.74) is 5.01. The van der Waals surface area contributed by atoms with E-state index < -0.39 is 0 Å². The molecule has 1 aliphatic rings. The minimum Gasteiger partial charge on any atom is -0.494 e. The number of methoxy groups -OCH3 is 1. The molecule has 0 N–H and O–H groups in total. The van der Waals surface area contributed by atoms with Crippen molar-refractivity contribution in [3.05, 3.63) is 49.2 Å². The largest absolute Gasteiger partial charge is 0.494 e. The molecule has 4 aromatic rings. The Labute approximate surface area is 163 Å². The molecule has 5 rings (SSSR count). The molecule has 5 heterocycles. The molecule has 1 fully saturated rings. The fourth-order valence-electron chi connectivity index (χ4n) is 3.86. The first-order valence-corrected chi connectivity index (χ1v) is 9.49. The van der Waals surface area contributed by atoms with Gasteiger partial charge in [0, 0.05) is 61.0 Å². The van der Waals surface area contributed by atoms with Crippen molar-refractivity contribution in [2.45, 2.75) is 12.8 Å². The van der Waals surface area contributed by atoms with Gasteiger partial charge < -0.3 is 9.64 Å². The van der Waals surface area contributed by atoms with Crippen LogP contribution in [0.3, 0.4) is 0 Å².